The average Bonchev–Trinajstić information content (AvgIpc) is 2.14. The number of rotatable bonds is 3. The fourth-order valence-corrected chi connectivity index (χ4v) is 1.05. The van der Waals surface area contributed by atoms with Crippen LogP contribution in [-0.4, -0.2) is 16.5 Å². The van der Waals surface area contributed by atoms with Crippen molar-refractivity contribution in [2.45, 2.75) is 6.92 Å². The van der Waals surface area contributed by atoms with E-state index in [2.05, 4.69) is 4.98 Å². The first kappa shape index (κ1) is 10.3. The van der Waals surface area contributed by atoms with Gasteiger partial charge in [0.1, 0.15) is 5.69 Å². The molecular weight excluding hydrogens is 182 g/mol. The first-order valence-corrected chi connectivity index (χ1v) is 4.14. The molecule has 5 heteroatoms. The second kappa shape index (κ2) is 4.48. The van der Waals surface area contributed by atoms with Gasteiger partial charge in [-0.05, 0) is 19.1 Å². The van der Waals surface area contributed by atoms with Crippen molar-refractivity contribution in [2.75, 3.05) is 6.54 Å². The van der Waals surface area contributed by atoms with Gasteiger partial charge in [-0.15, -0.1) is 0 Å². The number of hydrogen-bond acceptors (Lipinski definition) is 4. The van der Waals surface area contributed by atoms with Gasteiger partial charge in [-0.1, -0.05) is 6.08 Å². The van der Waals surface area contributed by atoms with E-state index < -0.39 is 4.92 Å². The highest BCUT2D eigenvalue weighted by atomic mass is 16.6. The van der Waals surface area contributed by atoms with Crippen LogP contribution in [0.3, 0.4) is 0 Å². The molecule has 0 spiro atoms. The average molecular weight is 193 g/mol. The van der Waals surface area contributed by atoms with E-state index in [1.807, 2.05) is 0 Å². The molecule has 0 aliphatic rings. The number of pyridine rings is 1. The first-order chi connectivity index (χ1) is 6.65. The Labute approximate surface area is 81.4 Å². The summed E-state index contributed by atoms with van der Waals surface area (Å²) in [5.41, 5.74) is 6.40. The molecule has 0 radical (unpaired) electrons. The van der Waals surface area contributed by atoms with Crippen LogP contribution in [0, 0.1) is 17.0 Å². The Morgan fingerprint density at radius 2 is 2.36 bits per heavy atom. The lowest BCUT2D eigenvalue weighted by Gasteiger charge is -1.97. The van der Waals surface area contributed by atoms with Gasteiger partial charge in [0.05, 0.1) is 10.6 Å². The topological polar surface area (TPSA) is 82.0 Å². The standard InChI is InChI=1S/C9H11N3O2/c1-7-9(12(13)14)5-4-8(11-7)3-2-6-10/h2-5H,6,10H2,1H3. The van der Waals surface area contributed by atoms with Crippen LogP contribution in [0.15, 0.2) is 18.2 Å². The lowest BCUT2D eigenvalue weighted by atomic mass is 10.2. The molecule has 0 aliphatic carbocycles. The molecule has 0 aromatic carbocycles. The Kier molecular flexibility index (Phi) is 3.30. The summed E-state index contributed by atoms with van der Waals surface area (Å²) in [5.74, 6) is 0. The summed E-state index contributed by atoms with van der Waals surface area (Å²) in [7, 11) is 0. The van der Waals surface area contributed by atoms with Crippen LogP contribution in [-0.2, 0) is 0 Å². The minimum Gasteiger partial charge on any atom is -0.327 e. The van der Waals surface area contributed by atoms with E-state index in [4.69, 9.17) is 5.73 Å². The zero-order valence-electron chi connectivity index (χ0n) is 7.80. The SMILES string of the molecule is Cc1nc(C=CCN)ccc1[N+](=O)[O-]. The molecule has 14 heavy (non-hydrogen) atoms. The molecule has 0 saturated heterocycles. The summed E-state index contributed by atoms with van der Waals surface area (Å²) in [6.07, 6.45) is 3.48. The van der Waals surface area contributed by atoms with Crippen LogP contribution < -0.4 is 5.73 Å². The zero-order chi connectivity index (χ0) is 10.6. The molecule has 0 unspecified atom stereocenters. The van der Waals surface area contributed by atoms with Crippen LogP contribution in [0.1, 0.15) is 11.4 Å². The van der Waals surface area contributed by atoms with Gasteiger partial charge in [0.25, 0.3) is 5.69 Å². The highest BCUT2D eigenvalue weighted by Crippen LogP contribution is 2.15. The molecule has 0 fully saturated rings. The van der Waals surface area contributed by atoms with E-state index in [0.29, 0.717) is 17.9 Å². The van der Waals surface area contributed by atoms with Crippen LogP contribution in [0.5, 0.6) is 0 Å². The molecule has 0 amide bonds. The van der Waals surface area contributed by atoms with Gasteiger partial charge >= 0.3 is 0 Å². The van der Waals surface area contributed by atoms with Gasteiger partial charge in [-0.2, -0.15) is 0 Å². The van der Waals surface area contributed by atoms with Crippen LogP contribution in [0.4, 0.5) is 5.69 Å². The van der Waals surface area contributed by atoms with E-state index in [1.54, 1.807) is 25.1 Å². The monoisotopic (exact) mass is 193 g/mol. The summed E-state index contributed by atoms with van der Waals surface area (Å²) in [6.45, 7) is 2.04. The summed E-state index contributed by atoms with van der Waals surface area (Å²) in [5, 5.41) is 10.5. The van der Waals surface area contributed by atoms with Gasteiger partial charge in [0.2, 0.25) is 0 Å². The minimum absolute atomic E-state index is 0.0369. The Bertz CT molecular complexity index is 374. The van der Waals surface area contributed by atoms with E-state index in [1.165, 1.54) is 6.07 Å². The summed E-state index contributed by atoms with van der Waals surface area (Å²) in [6, 6.07) is 3.04. The molecule has 1 rings (SSSR count). The summed E-state index contributed by atoms with van der Waals surface area (Å²) in [4.78, 5) is 14.1. The molecule has 0 atom stereocenters. The normalized spacial score (nSPS) is 10.7. The fraction of sp³-hybridized carbons (Fsp3) is 0.222. The Balaban J connectivity index is 3.00. The molecule has 1 aromatic heterocycles. The molecule has 1 aromatic rings. The van der Waals surface area contributed by atoms with Crippen LogP contribution in [0.25, 0.3) is 6.08 Å². The number of aromatic nitrogens is 1. The maximum Gasteiger partial charge on any atom is 0.290 e. The Morgan fingerprint density at radius 1 is 1.64 bits per heavy atom. The maximum atomic E-state index is 10.5. The molecular formula is C9H11N3O2. The Morgan fingerprint density at radius 3 is 2.86 bits per heavy atom. The molecule has 0 saturated carbocycles. The van der Waals surface area contributed by atoms with Gasteiger partial charge in [-0.3, -0.25) is 10.1 Å². The van der Waals surface area contributed by atoms with Crippen molar-refractivity contribution in [3.05, 3.63) is 39.7 Å². The van der Waals surface area contributed by atoms with Gasteiger partial charge in [-0.25, -0.2) is 4.98 Å². The smallest absolute Gasteiger partial charge is 0.290 e. The summed E-state index contributed by atoms with van der Waals surface area (Å²) < 4.78 is 0. The number of nitrogens with two attached hydrogens (primary N) is 1. The second-order valence-electron chi connectivity index (χ2n) is 2.74. The second-order valence-corrected chi connectivity index (χ2v) is 2.74. The number of hydrogen-bond donors (Lipinski definition) is 1. The van der Waals surface area contributed by atoms with Crippen molar-refractivity contribution in [3.63, 3.8) is 0 Å². The molecule has 0 bridgehead atoms. The van der Waals surface area contributed by atoms with Crippen molar-refractivity contribution >= 4 is 11.8 Å². The zero-order valence-corrected chi connectivity index (χ0v) is 7.80. The minimum atomic E-state index is -0.446. The molecule has 0 aliphatic heterocycles. The highest BCUT2D eigenvalue weighted by molar-refractivity contribution is 5.48. The van der Waals surface area contributed by atoms with Crippen molar-refractivity contribution in [1.82, 2.24) is 4.98 Å². The van der Waals surface area contributed by atoms with E-state index >= 15 is 0 Å². The van der Waals surface area contributed by atoms with Gasteiger partial charge < -0.3 is 5.73 Å². The van der Waals surface area contributed by atoms with Crippen molar-refractivity contribution in [3.8, 4) is 0 Å². The van der Waals surface area contributed by atoms with E-state index in [-0.39, 0.29) is 5.69 Å². The molecule has 74 valence electrons. The molecule has 1 heterocycles. The van der Waals surface area contributed by atoms with Gasteiger partial charge in [0.15, 0.2) is 0 Å². The Hall–Kier alpha value is -1.75. The number of nitro groups is 1. The predicted octanol–water partition coefficient (Wildman–Crippen LogP) is 1.27. The number of aryl methyl sites for hydroxylation is 1. The van der Waals surface area contributed by atoms with E-state index in [0.717, 1.165) is 0 Å². The quantitative estimate of drug-likeness (QED) is 0.578. The third-order valence-corrected chi connectivity index (χ3v) is 1.70. The molecule has 2 N–H and O–H groups in total. The van der Waals surface area contributed by atoms with Crippen molar-refractivity contribution in [1.29, 1.82) is 0 Å². The maximum absolute atomic E-state index is 10.5. The third-order valence-electron chi connectivity index (χ3n) is 1.70. The van der Waals surface area contributed by atoms with Crippen molar-refractivity contribution in [2.24, 2.45) is 5.73 Å². The van der Waals surface area contributed by atoms with E-state index in [9.17, 15) is 10.1 Å². The van der Waals surface area contributed by atoms with Crippen LogP contribution in [0.2, 0.25) is 0 Å². The highest BCUT2D eigenvalue weighted by Gasteiger charge is 2.10. The third kappa shape index (κ3) is 2.37. The van der Waals surface area contributed by atoms with Crippen molar-refractivity contribution < 1.29 is 4.92 Å². The lowest BCUT2D eigenvalue weighted by molar-refractivity contribution is -0.385. The number of nitrogens with zero attached hydrogens (tertiary/aromatic N) is 2. The summed E-state index contributed by atoms with van der Waals surface area (Å²) >= 11 is 0. The molecule has 5 nitrogen and oxygen atoms in total. The predicted molar refractivity (Wildman–Crippen MR) is 53.7 cm³/mol. The largest absolute Gasteiger partial charge is 0.327 e. The first-order valence-electron chi connectivity index (χ1n) is 4.14. The van der Waals surface area contributed by atoms with Gasteiger partial charge in [0, 0.05) is 12.6 Å². The lowest BCUT2D eigenvalue weighted by Crippen LogP contribution is -1.96. The van der Waals surface area contributed by atoms with Crippen LogP contribution >= 0.6 is 0 Å². The fourth-order valence-electron chi connectivity index (χ4n) is 1.05.